The van der Waals surface area contributed by atoms with Crippen molar-refractivity contribution in [3.63, 3.8) is 0 Å². The van der Waals surface area contributed by atoms with Gasteiger partial charge in [0.2, 0.25) is 15.9 Å². The van der Waals surface area contributed by atoms with Crippen molar-refractivity contribution in [1.29, 1.82) is 0 Å². The second-order valence-electron chi connectivity index (χ2n) is 5.63. The fourth-order valence-electron chi connectivity index (χ4n) is 2.61. The van der Waals surface area contributed by atoms with Gasteiger partial charge in [-0.05, 0) is 36.6 Å². The number of benzene rings is 1. The van der Waals surface area contributed by atoms with Crippen LogP contribution in [0.4, 0.5) is 5.69 Å². The molecule has 6 nitrogen and oxygen atoms in total. The number of hydrogen-bond donors (Lipinski definition) is 2. The Labute approximate surface area is 125 Å². The summed E-state index contributed by atoms with van der Waals surface area (Å²) < 4.78 is 26.6. The van der Waals surface area contributed by atoms with Gasteiger partial charge in [0.1, 0.15) is 0 Å². The van der Waals surface area contributed by atoms with Crippen LogP contribution in [0.25, 0.3) is 0 Å². The highest BCUT2D eigenvalue weighted by Gasteiger charge is 2.31. The van der Waals surface area contributed by atoms with Crippen molar-refractivity contribution in [3.05, 3.63) is 24.3 Å². The molecule has 7 heteroatoms. The summed E-state index contributed by atoms with van der Waals surface area (Å²) in [6.07, 6.45) is 0.841. The van der Waals surface area contributed by atoms with E-state index in [4.69, 9.17) is 5.73 Å². The number of amides is 1. The molecule has 0 aromatic heterocycles. The van der Waals surface area contributed by atoms with Crippen LogP contribution in [0.15, 0.2) is 29.2 Å². The standard InChI is InChI=1S/C14H21N3O3S/c1-10-7-12(15)9-17(8-10)21(19,20)14-5-3-13(4-6-14)16-11(2)18/h3-6,10,12H,7-9,15H2,1-2H3,(H,16,18). The number of hydrogen-bond acceptors (Lipinski definition) is 4. The number of carbonyl (C=O) groups is 1. The molecule has 1 fully saturated rings. The van der Waals surface area contributed by atoms with E-state index in [1.807, 2.05) is 6.92 Å². The molecule has 3 N–H and O–H groups in total. The first-order valence-electron chi connectivity index (χ1n) is 6.92. The van der Waals surface area contributed by atoms with Crippen LogP contribution in [0.2, 0.25) is 0 Å². The van der Waals surface area contributed by atoms with E-state index in [9.17, 15) is 13.2 Å². The molecule has 2 unspecified atom stereocenters. The molecule has 1 aliphatic heterocycles. The number of nitrogens with two attached hydrogens (primary N) is 1. The minimum atomic E-state index is -3.53. The summed E-state index contributed by atoms with van der Waals surface area (Å²) in [6.45, 7) is 4.24. The number of carbonyl (C=O) groups excluding carboxylic acids is 1. The Morgan fingerprint density at radius 2 is 1.90 bits per heavy atom. The van der Waals surface area contributed by atoms with Crippen molar-refractivity contribution in [2.75, 3.05) is 18.4 Å². The topological polar surface area (TPSA) is 92.5 Å². The van der Waals surface area contributed by atoms with Crippen molar-refractivity contribution in [2.45, 2.75) is 31.2 Å². The number of sulfonamides is 1. The van der Waals surface area contributed by atoms with E-state index in [1.54, 1.807) is 12.1 Å². The SMILES string of the molecule is CC(=O)Nc1ccc(S(=O)(=O)N2CC(C)CC(N)C2)cc1. The molecule has 1 saturated heterocycles. The molecule has 2 rings (SSSR count). The molecular formula is C14H21N3O3S. The predicted molar refractivity (Wildman–Crippen MR) is 81.3 cm³/mol. The molecule has 0 radical (unpaired) electrons. The first-order chi connectivity index (χ1) is 9.79. The third-order valence-corrected chi connectivity index (χ3v) is 5.32. The Morgan fingerprint density at radius 3 is 2.43 bits per heavy atom. The van der Waals surface area contributed by atoms with Crippen LogP contribution in [0.3, 0.4) is 0 Å². The van der Waals surface area contributed by atoms with E-state index >= 15 is 0 Å². The largest absolute Gasteiger partial charge is 0.326 e. The van der Waals surface area contributed by atoms with Crippen molar-refractivity contribution in [2.24, 2.45) is 11.7 Å². The molecule has 0 aliphatic carbocycles. The zero-order chi connectivity index (χ0) is 15.6. The van der Waals surface area contributed by atoms with Crippen LogP contribution in [0.1, 0.15) is 20.3 Å². The van der Waals surface area contributed by atoms with Crippen molar-refractivity contribution in [3.8, 4) is 0 Å². The van der Waals surface area contributed by atoms with Crippen LogP contribution in [0.5, 0.6) is 0 Å². The maximum atomic E-state index is 12.6. The first kappa shape index (κ1) is 15.9. The average Bonchev–Trinajstić information content (AvgIpc) is 2.37. The van der Waals surface area contributed by atoms with Gasteiger partial charge in [0, 0.05) is 31.7 Å². The number of piperidine rings is 1. The zero-order valence-corrected chi connectivity index (χ0v) is 13.1. The molecule has 21 heavy (non-hydrogen) atoms. The lowest BCUT2D eigenvalue weighted by molar-refractivity contribution is -0.114. The Bertz CT molecular complexity index is 603. The van der Waals surface area contributed by atoms with E-state index in [-0.39, 0.29) is 22.8 Å². The third-order valence-electron chi connectivity index (χ3n) is 3.47. The molecule has 0 spiro atoms. The van der Waals surface area contributed by atoms with Gasteiger partial charge in [0.25, 0.3) is 0 Å². The molecule has 1 aromatic rings. The maximum absolute atomic E-state index is 12.6. The van der Waals surface area contributed by atoms with Crippen LogP contribution in [-0.2, 0) is 14.8 Å². The second kappa shape index (κ2) is 6.13. The van der Waals surface area contributed by atoms with E-state index < -0.39 is 10.0 Å². The van der Waals surface area contributed by atoms with E-state index in [1.165, 1.54) is 23.4 Å². The lowest BCUT2D eigenvalue weighted by atomic mass is 9.99. The summed E-state index contributed by atoms with van der Waals surface area (Å²) in [5, 5.41) is 2.61. The van der Waals surface area contributed by atoms with Crippen LogP contribution in [-0.4, -0.2) is 37.8 Å². The normalized spacial score (nSPS) is 23.8. The lowest BCUT2D eigenvalue weighted by Gasteiger charge is -2.33. The van der Waals surface area contributed by atoms with Crippen LogP contribution in [0, 0.1) is 5.92 Å². The number of rotatable bonds is 3. The monoisotopic (exact) mass is 311 g/mol. The van der Waals surface area contributed by atoms with Crippen molar-refractivity contribution in [1.82, 2.24) is 4.31 Å². The molecule has 1 aromatic carbocycles. The first-order valence-corrected chi connectivity index (χ1v) is 8.36. The fraction of sp³-hybridized carbons (Fsp3) is 0.500. The van der Waals surface area contributed by atoms with E-state index in [0.29, 0.717) is 18.8 Å². The molecule has 1 aliphatic rings. The second-order valence-corrected chi connectivity index (χ2v) is 7.57. The van der Waals surface area contributed by atoms with E-state index in [0.717, 1.165) is 6.42 Å². The van der Waals surface area contributed by atoms with Gasteiger partial charge in [-0.2, -0.15) is 4.31 Å². The molecular weight excluding hydrogens is 290 g/mol. The van der Waals surface area contributed by atoms with Gasteiger partial charge >= 0.3 is 0 Å². The van der Waals surface area contributed by atoms with Crippen molar-refractivity contribution >= 4 is 21.6 Å². The van der Waals surface area contributed by atoms with Gasteiger partial charge in [0.15, 0.2) is 0 Å². The highest BCUT2D eigenvalue weighted by molar-refractivity contribution is 7.89. The number of nitrogens with one attached hydrogen (secondary N) is 1. The Morgan fingerprint density at radius 1 is 1.29 bits per heavy atom. The summed E-state index contributed by atoms with van der Waals surface area (Å²) in [4.78, 5) is 11.2. The fourth-order valence-corrected chi connectivity index (χ4v) is 4.23. The van der Waals surface area contributed by atoms with Gasteiger partial charge in [0.05, 0.1) is 4.90 Å². The third kappa shape index (κ3) is 3.81. The van der Waals surface area contributed by atoms with Gasteiger partial charge < -0.3 is 11.1 Å². The summed E-state index contributed by atoms with van der Waals surface area (Å²) in [5.41, 5.74) is 6.49. The van der Waals surface area contributed by atoms with Gasteiger partial charge in [-0.25, -0.2) is 8.42 Å². The highest BCUT2D eigenvalue weighted by atomic mass is 32.2. The minimum absolute atomic E-state index is 0.123. The van der Waals surface area contributed by atoms with Crippen LogP contribution >= 0.6 is 0 Å². The molecule has 1 amide bonds. The summed E-state index contributed by atoms with van der Waals surface area (Å²) in [7, 11) is -3.53. The minimum Gasteiger partial charge on any atom is -0.326 e. The Kier molecular flexibility index (Phi) is 4.65. The van der Waals surface area contributed by atoms with Crippen LogP contribution < -0.4 is 11.1 Å². The molecule has 0 bridgehead atoms. The Balaban J connectivity index is 2.21. The summed E-state index contributed by atoms with van der Waals surface area (Å²) in [5.74, 6) is 0.0589. The number of nitrogens with zero attached hydrogens (tertiary/aromatic N) is 1. The highest BCUT2D eigenvalue weighted by Crippen LogP contribution is 2.24. The predicted octanol–water partition coefficient (Wildman–Crippen LogP) is 1.00. The molecule has 2 atom stereocenters. The van der Waals surface area contributed by atoms with E-state index in [2.05, 4.69) is 5.32 Å². The van der Waals surface area contributed by atoms with Crippen molar-refractivity contribution < 1.29 is 13.2 Å². The quantitative estimate of drug-likeness (QED) is 0.871. The van der Waals surface area contributed by atoms with Gasteiger partial charge in [-0.1, -0.05) is 6.92 Å². The summed E-state index contributed by atoms with van der Waals surface area (Å²) in [6, 6.07) is 6.06. The molecule has 116 valence electrons. The molecule has 1 heterocycles. The van der Waals surface area contributed by atoms with Gasteiger partial charge in [-0.3, -0.25) is 4.79 Å². The zero-order valence-electron chi connectivity index (χ0n) is 12.2. The summed E-state index contributed by atoms with van der Waals surface area (Å²) >= 11 is 0. The van der Waals surface area contributed by atoms with Gasteiger partial charge in [-0.15, -0.1) is 0 Å². The smallest absolute Gasteiger partial charge is 0.243 e. The Hall–Kier alpha value is -1.44. The lowest BCUT2D eigenvalue weighted by Crippen LogP contribution is -2.48. The number of anilines is 1. The molecule has 0 saturated carbocycles. The maximum Gasteiger partial charge on any atom is 0.243 e. The average molecular weight is 311 g/mol.